The van der Waals surface area contributed by atoms with Crippen LogP contribution in [0.5, 0.6) is 0 Å². The monoisotopic (exact) mass is 312 g/mol. The van der Waals surface area contributed by atoms with Crippen LogP contribution < -0.4 is 0 Å². The molecular weight excluding hydrogens is 296 g/mol. The van der Waals surface area contributed by atoms with Crippen LogP contribution >= 0.6 is 11.8 Å². The molecule has 114 valence electrons. The molecule has 3 heterocycles. The van der Waals surface area contributed by atoms with Crippen LogP contribution in [0.1, 0.15) is 13.2 Å². The van der Waals surface area contributed by atoms with Gasteiger partial charge in [-0.25, -0.2) is 14.6 Å². The summed E-state index contributed by atoms with van der Waals surface area (Å²) in [6.45, 7) is 1.65. The Bertz CT molecular complexity index is 637. The Balaban J connectivity index is 2.00. The summed E-state index contributed by atoms with van der Waals surface area (Å²) in [4.78, 5) is 8.39. The second-order valence-corrected chi connectivity index (χ2v) is 5.92. The van der Waals surface area contributed by atoms with Crippen LogP contribution in [0.3, 0.4) is 0 Å². The predicted octanol–water partition coefficient (Wildman–Crippen LogP) is -0.450. The number of hydrogen-bond acceptors (Lipinski definition) is 8. The van der Waals surface area contributed by atoms with E-state index in [0.29, 0.717) is 5.65 Å². The molecule has 3 N–H and O–H groups in total. The van der Waals surface area contributed by atoms with Crippen molar-refractivity contribution in [3.05, 3.63) is 12.5 Å². The van der Waals surface area contributed by atoms with Crippen LogP contribution in [-0.2, 0) is 4.74 Å². The molecule has 1 saturated heterocycles. The van der Waals surface area contributed by atoms with E-state index in [0.717, 1.165) is 16.2 Å². The van der Waals surface area contributed by atoms with Crippen molar-refractivity contribution >= 4 is 22.8 Å². The fraction of sp³-hybridized carbons (Fsp3) is 0.583. The van der Waals surface area contributed by atoms with Crippen molar-refractivity contribution in [2.45, 2.75) is 36.5 Å². The van der Waals surface area contributed by atoms with Gasteiger partial charge >= 0.3 is 0 Å². The number of fused-ring (bicyclic) bond motifs is 1. The normalized spacial score (nSPS) is 29.3. The van der Waals surface area contributed by atoms with E-state index < -0.39 is 24.5 Å². The van der Waals surface area contributed by atoms with Crippen molar-refractivity contribution in [2.75, 3.05) is 12.4 Å². The SMILES string of the molecule is CCSc1ncnc2c1cnn2C1O[C@H](CO)[C@@H](O)[C@H]1O. The first kappa shape index (κ1) is 14.7. The van der Waals surface area contributed by atoms with Crippen LogP contribution in [0.25, 0.3) is 11.0 Å². The van der Waals surface area contributed by atoms with E-state index in [1.54, 1.807) is 18.0 Å². The Morgan fingerprint density at radius 1 is 1.33 bits per heavy atom. The summed E-state index contributed by atoms with van der Waals surface area (Å²) in [6.07, 6.45) is -1.02. The third kappa shape index (κ3) is 2.40. The van der Waals surface area contributed by atoms with Gasteiger partial charge in [0.15, 0.2) is 11.9 Å². The van der Waals surface area contributed by atoms with E-state index in [-0.39, 0.29) is 6.61 Å². The van der Waals surface area contributed by atoms with Gasteiger partial charge in [-0.3, -0.25) is 0 Å². The van der Waals surface area contributed by atoms with Gasteiger partial charge in [-0.2, -0.15) is 5.10 Å². The summed E-state index contributed by atoms with van der Waals surface area (Å²) in [7, 11) is 0. The van der Waals surface area contributed by atoms with Gasteiger partial charge in [0.1, 0.15) is 29.7 Å². The first-order chi connectivity index (χ1) is 10.2. The highest BCUT2D eigenvalue weighted by Gasteiger charge is 2.44. The third-order valence-electron chi connectivity index (χ3n) is 3.39. The number of ether oxygens (including phenoxy) is 1. The Morgan fingerprint density at radius 3 is 2.81 bits per heavy atom. The zero-order valence-corrected chi connectivity index (χ0v) is 12.1. The van der Waals surface area contributed by atoms with Crippen LogP contribution in [0.15, 0.2) is 17.6 Å². The van der Waals surface area contributed by atoms with Crippen molar-refractivity contribution in [1.29, 1.82) is 0 Å². The van der Waals surface area contributed by atoms with E-state index in [1.165, 1.54) is 11.0 Å². The fourth-order valence-electron chi connectivity index (χ4n) is 2.36. The fourth-order valence-corrected chi connectivity index (χ4v) is 3.06. The standard InChI is InChI=1S/C12H16N4O4S/c1-2-21-11-6-3-15-16(10(6)13-5-14-11)12-9(19)8(18)7(4-17)20-12/h3,5,7-9,12,17-19H,2,4H2,1H3/t7-,8-,9-,12?/m1/s1. The van der Waals surface area contributed by atoms with Gasteiger partial charge in [0, 0.05) is 0 Å². The smallest absolute Gasteiger partial charge is 0.181 e. The minimum atomic E-state index is -1.18. The van der Waals surface area contributed by atoms with Crippen molar-refractivity contribution in [2.24, 2.45) is 0 Å². The first-order valence-corrected chi connectivity index (χ1v) is 7.59. The third-order valence-corrected chi connectivity index (χ3v) is 4.28. The zero-order valence-electron chi connectivity index (χ0n) is 11.3. The summed E-state index contributed by atoms with van der Waals surface area (Å²) in [5.41, 5.74) is 0.524. The highest BCUT2D eigenvalue weighted by Crippen LogP contribution is 2.32. The Hall–Kier alpha value is -1.26. The molecular formula is C12H16N4O4S. The largest absolute Gasteiger partial charge is 0.394 e. The number of aromatic nitrogens is 4. The summed E-state index contributed by atoms with van der Waals surface area (Å²) < 4.78 is 6.89. The molecule has 2 aromatic rings. The van der Waals surface area contributed by atoms with E-state index in [1.807, 2.05) is 6.92 Å². The molecule has 0 radical (unpaired) electrons. The van der Waals surface area contributed by atoms with Gasteiger partial charge in [0.2, 0.25) is 0 Å². The molecule has 0 aromatic carbocycles. The molecule has 0 saturated carbocycles. The highest BCUT2D eigenvalue weighted by molar-refractivity contribution is 7.99. The van der Waals surface area contributed by atoms with Gasteiger partial charge in [0.25, 0.3) is 0 Å². The molecule has 8 nitrogen and oxygen atoms in total. The maximum Gasteiger partial charge on any atom is 0.181 e. The van der Waals surface area contributed by atoms with Gasteiger partial charge in [-0.05, 0) is 5.75 Å². The number of thioether (sulfide) groups is 1. The van der Waals surface area contributed by atoms with E-state index in [4.69, 9.17) is 9.84 Å². The highest BCUT2D eigenvalue weighted by atomic mass is 32.2. The Morgan fingerprint density at radius 2 is 2.14 bits per heavy atom. The average molecular weight is 312 g/mol. The summed E-state index contributed by atoms with van der Waals surface area (Å²) in [6, 6.07) is 0. The Labute approximate surface area is 124 Å². The molecule has 1 aliphatic heterocycles. The number of rotatable bonds is 4. The molecule has 21 heavy (non-hydrogen) atoms. The molecule has 0 spiro atoms. The average Bonchev–Trinajstić information content (AvgIpc) is 3.03. The lowest BCUT2D eigenvalue weighted by Gasteiger charge is -2.15. The second-order valence-electron chi connectivity index (χ2n) is 4.67. The first-order valence-electron chi connectivity index (χ1n) is 6.60. The van der Waals surface area contributed by atoms with Gasteiger partial charge < -0.3 is 20.1 Å². The number of aliphatic hydroxyl groups is 3. The Kier molecular flexibility index (Phi) is 4.09. The molecule has 3 rings (SSSR count). The topological polar surface area (TPSA) is 114 Å². The van der Waals surface area contributed by atoms with E-state index >= 15 is 0 Å². The molecule has 4 atom stereocenters. The summed E-state index contributed by atoms with van der Waals surface area (Å²) in [5.74, 6) is 0.866. The maximum atomic E-state index is 10.1. The second kappa shape index (κ2) is 5.85. The molecule has 0 aliphatic carbocycles. The molecule has 1 aliphatic rings. The molecule has 1 fully saturated rings. The molecule has 0 bridgehead atoms. The summed E-state index contributed by atoms with van der Waals surface area (Å²) in [5, 5.41) is 34.8. The van der Waals surface area contributed by atoms with Crippen LogP contribution in [0, 0.1) is 0 Å². The van der Waals surface area contributed by atoms with Crippen LogP contribution in [0.2, 0.25) is 0 Å². The number of nitrogens with zero attached hydrogens (tertiary/aromatic N) is 4. The molecule has 0 amide bonds. The lowest BCUT2D eigenvalue weighted by Crippen LogP contribution is -2.33. The predicted molar refractivity (Wildman–Crippen MR) is 74.7 cm³/mol. The van der Waals surface area contributed by atoms with Crippen molar-refractivity contribution in [1.82, 2.24) is 19.7 Å². The minimum Gasteiger partial charge on any atom is -0.394 e. The summed E-state index contributed by atoms with van der Waals surface area (Å²) >= 11 is 1.57. The molecule has 1 unspecified atom stereocenters. The molecule has 9 heteroatoms. The lowest BCUT2D eigenvalue weighted by atomic mass is 10.1. The molecule has 2 aromatic heterocycles. The van der Waals surface area contributed by atoms with Gasteiger partial charge in [-0.1, -0.05) is 6.92 Å². The van der Waals surface area contributed by atoms with Crippen molar-refractivity contribution in [3.63, 3.8) is 0 Å². The van der Waals surface area contributed by atoms with Crippen molar-refractivity contribution < 1.29 is 20.1 Å². The number of aliphatic hydroxyl groups excluding tert-OH is 3. The van der Waals surface area contributed by atoms with E-state index in [2.05, 4.69) is 15.1 Å². The quantitative estimate of drug-likeness (QED) is 0.514. The van der Waals surface area contributed by atoms with Crippen LogP contribution in [-0.4, -0.2) is 65.7 Å². The minimum absolute atomic E-state index is 0.375. The zero-order chi connectivity index (χ0) is 15.0. The lowest BCUT2D eigenvalue weighted by molar-refractivity contribution is -0.0566. The van der Waals surface area contributed by atoms with Gasteiger partial charge in [0.05, 0.1) is 18.2 Å². The van der Waals surface area contributed by atoms with Crippen LogP contribution in [0.4, 0.5) is 0 Å². The van der Waals surface area contributed by atoms with Gasteiger partial charge in [-0.15, -0.1) is 11.8 Å². The maximum absolute atomic E-state index is 10.1. The van der Waals surface area contributed by atoms with E-state index in [9.17, 15) is 10.2 Å². The van der Waals surface area contributed by atoms with Crippen molar-refractivity contribution in [3.8, 4) is 0 Å². The number of hydrogen-bond donors (Lipinski definition) is 3.